The molecule has 0 bridgehead atoms. The number of aliphatic hydroxyl groups excluding tert-OH is 1. The van der Waals surface area contributed by atoms with Crippen LogP contribution in [0.3, 0.4) is 0 Å². The van der Waals surface area contributed by atoms with E-state index in [4.69, 9.17) is 27.9 Å². The third-order valence-electron chi connectivity index (χ3n) is 4.78. The second-order valence-corrected chi connectivity index (χ2v) is 7.55. The van der Waals surface area contributed by atoms with Gasteiger partial charge in [0.05, 0.1) is 22.7 Å². The van der Waals surface area contributed by atoms with Gasteiger partial charge in [-0.3, -0.25) is 4.79 Å². The highest BCUT2D eigenvalue weighted by molar-refractivity contribution is 6.42. The molecule has 30 heavy (non-hydrogen) atoms. The second kappa shape index (κ2) is 9.88. The number of carbonyl (C=O) groups is 1. The van der Waals surface area contributed by atoms with Gasteiger partial charge in [-0.15, -0.1) is 5.10 Å². The number of nitrogens with one attached hydrogen (secondary N) is 1. The van der Waals surface area contributed by atoms with Crippen LogP contribution in [0.4, 0.5) is 0 Å². The summed E-state index contributed by atoms with van der Waals surface area (Å²) in [5.74, 6) is 0.537. The number of benzene rings is 2. The number of ether oxygens (including phenoxy) is 1. The van der Waals surface area contributed by atoms with Crippen molar-refractivity contribution in [1.82, 2.24) is 25.5 Å². The van der Waals surface area contributed by atoms with Crippen molar-refractivity contribution in [2.24, 2.45) is 0 Å². The number of hydrogen-bond acceptors (Lipinski definition) is 6. The van der Waals surface area contributed by atoms with E-state index in [0.717, 1.165) is 5.56 Å². The molecule has 0 aliphatic carbocycles. The molecule has 1 heterocycles. The summed E-state index contributed by atoms with van der Waals surface area (Å²) in [4.78, 5) is 14.8. The fourth-order valence-corrected chi connectivity index (χ4v) is 3.52. The standard InChI is InChI=1S/C20H21Cl2N5O3/c1-27(11-14(7-8-28)12-3-5-16(21)17(22)10-12)20(29)15-9-13(4-6-18(15)30-2)19-23-25-26-24-19/h3-6,9-10,14,28H,7-8,11H2,1-2H3,(H,23,24,25,26). The molecule has 0 saturated carbocycles. The van der Waals surface area contributed by atoms with Gasteiger partial charge in [0.2, 0.25) is 0 Å². The molecular weight excluding hydrogens is 429 g/mol. The fraction of sp³-hybridized carbons (Fsp3) is 0.300. The van der Waals surface area contributed by atoms with Crippen molar-refractivity contribution in [2.45, 2.75) is 12.3 Å². The molecule has 0 fully saturated rings. The molecule has 1 amide bonds. The van der Waals surface area contributed by atoms with E-state index in [1.807, 2.05) is 6.07 Å². The predicted molar refractivity (Wildman–Crippen MR) is 114 cm³/mol. The first kappa shape index (κ1) is 22.0. The van der Waals surface area contributed by atoms with E-state index in [1.165, 1.54) is 7.11 Å². The molecular formula is C20H21Cl2N5O3. The van der Waals surface area contributed by atoms with E-state index in [0.29, 0.717) is 45.7 Å². The van der Waals surface area contributed by atoms with Gasteiger partial charge < -0.3 is 14.7 Å². The maximum absolute atomic E-state index is 13.2. The number of amides is 1. The van der Waals surface area contributed by atoms with Crippen LogP contribution in [0.2, 0.25) is 10.0 Å². The summed E-state index contributed by atoms with van der Waals surface area (Å²) in [7, 11) is 3.21. The fourth-order valence-electron chi connectivity index (χ4n) is 3.21. The Morgan fingerprint density at radius 3 is 2.67 bits per heavy atom. The highest BCUT2D eigenvalue weighted by Crippen LogP contribution is 2.30. The van der Waals surface area contributed by atoms with E-state index >= 15 is 0 Å². The second-order valence-electron chi connectivity index (χ2n) is 6.73. The predicted octanol–water partition coefficient (Wildman–Crippen LogP) is 3.42. The summed E-state index contributed by atoms with van der Waals surface area (Å²) in [5.41, 5.74) is 1.94. The van der Waals surface area contributed by atoms with Gasteiger partial charge in [0, 0.05) is 31.7 Å². The highest BCUT2D eigenvalue weighted by Gasteiger charge is 2.22. The first-order valence-electron chi connectivity index (χ1n) is 9.18. The third kappa shape index (κ3) is 4.89. The summed E-state index contributed by atoms with van der Waals surface area (Å²) in [5, 5.41) is 24.1. The quantitative estimate of drug-likeness (QED) is 0.545. The average molecular weight is 450 g/mol. The zero-order chi connectivity index (χ0) is 21.7. The Hall–Kier alpha value is -2.68. The lowest BCUT2D eigenvalue weighted by Crippen LogP contribution is -2.31. The van der Waals surface area contributed by atoms with Crippen LogP contribution in [0.1, 0.15) is 28.3 Å². The molecule has 3 rings (SSSR count). The van der Waals surface area contributed by atoms with Crippen molar-refractivity contribution in [3.63, 3.8) is 0 Å². The van der Waals surface area contributed by atoms with Crippen molar-refractivity contribution >= 4 is 29.1 Å². The summed E-state index contributed by atoms with van der Waals surface area (Å²) in [6, 6.07) is 10.5. The van der Waals surface area contributed by atoms with Gasteiger partial charge in [-0.2, -0.15) is 0 Å². The van der Waals surface area contributed by atoms with Crippen LogP contribution < -0.4 is 4.74 Å². The largest absolute Gasteiger partial charge is 0.496 e. The van der Waals surface area contributed by atoms with E-state index in [1.54, 1.807) is 42.3 Å². The van der Waals surface area contributed by atoms with E-state index < -0.39 is 0 Å². The van der Waals surface area contributed by atoms with Gasteiger partial charge in [-0.25, -0.2) is 5.10 Å². The zero-order valence-corrected chi connectivity index (χ0v) is 18.0. The number of aromatic amines is 1. The van der Waals surface area contributed by atoms with Crippen LogP contribution in [0, 0.1) is 0 Å². The van der Waals surface area contributed by atoms with Gasteiger partial charge in [0.25, 0.3) is 5.91 Å². The van der Waals surface area contributed by atoms with Gasteiger partial charge in [0.1, 0.15) is 5.75 Å². The first-order valence-corrected chi connectivity index (χ1v) is 9.93. The number of rotatable bonds is 8. The normalized spacial score (nSPS) is 11.9. The van der Waals surface area contributed by atoms with Gasteiger partial charge >= 0.3 is 0 Å². The minimum atomic E-state index is -0.232. The lowest BCUT2D eigenvalue weighted by Gasteiger charge is -2.25. The van der Waals surface area contributed by atoms with Crippen molar-refractivity contribution in [3.8, 4) is 17.1 Å². The maximum Gasteiger partial charge on any atom is 0.257 e. The molecule has 2 aromatic carbocycles. The Morgan fingerprint density at radius 2 is 2.03 bits per heavy atom. The molecule has 8 nitrogen and oxygen atoms in total. The third-order valence-corrected chi connectivity index (χ3v) is 5.52. The van der Waals surface area contributed by atoms with Crippen molar-refractivity contribution in [3.05, 3.63) is 57.6 Å². The van der Waals surface area contributed by atoms with Crippen molar-refractivity contribution in [1.29, 1.82) is 0 Å². The van der Waals surface area contributed by atoms with E-state index in [-0.39, 0.29) is 18.4 Å². The van der Waals surface area contributed by atoms with Crippen LogP contribution in [0.25, 0.3) is 11.4 Å². The lowest BCUT2D eigenvalue weighted by atomic mass is 9.95. The SMILES string of the molecule is COc1ccc(-c2nnn[nH]2)cc1C(=O)N(C)CC(CCO)c1ccc(Cl)c(Cl)c1. The lowest BCUT2D eigenvalue weighted by molar-refractivity contribution is 0.0777. The number of likely N-dealkylation sites (N-methyl/N-ethyl adjacent to an activating group) is 1. The summed E-state index contributed by atoms with van der Waals surface area (Å²) in [6.45, 7) is 0.346. The van der Waals surface area contributed by atoms with Gasteiger partial charge in [0.15, 0.2) is 5.82 Å². The van der Waals surface area contributed by atoms with Crippen molar-refractivity contribution in [2.75, 3.05) is 27.3 Å². The number of aliphatic hydroxyl groups is 1. The first-order chi connectivity index (χ1) is 14.4. The number of aromatic nitrogens is 4. The summed E-state index contributed by atoms with van der Waals surface area (Å²) < 4.78 is 5.37. The summed E-state index contributed by atoms with van der Waals surface area (Å²) in [6.07, 6.45) is 0.469. The monoisotopic (exact) mass is 449 g/mol. The molecule has 3 aromatic rings. The number of hydrogen-bond donors (Lipinski definition) is 2. The average Bonchev–Trinajstić information content (AvgIpc) is 3.29. The van der Waals surface area contributed by atoms with Crippen LogP contribution in [-0.4, -0.2) is 63.8 Å². The molecule has 0 saturated heterocycles. The Bertz CT molecular complexity index is 1010. The number of nitrogens with zero attached hydrogens (tertiary/aromatic N) is 4. The Morgan fingerprint density at radius 1 is 1.23 bits per heavy atom. The van der Waals surface area contributed by atoms with E-state index in [9.17, 15) is 9.90 Å². The molecule has 10 heteroatoms. The van der Waals surface area contributed by atoms with E-state index in [2.05, 4.69) is 20.6 Å². The summed E-state index contributed by atoms with van der Waals surface area (Å²) >= 11 is 12.2. The smallest absolute Gasteiger partial charge is 0.257 e. The molecule has 0 radical (unpaired) electrons. The molecule has 158 valence electrons. The molecule has 0 aliphatic heterocycles. The number of carbonyl (C=O) groups excluding carboxylic acids is 1. The Kier molecular flexibility index (Phi) is 7.25. The molecule has 1 unspecified atom stereocenters. The van der Waals surface area contributed by atoms with Crippen LogP contribution in [-0.2, 0) is 0 Å². The van der Waals surface area contributed by atoms with Gasteiger partial charge in [-0.05, 0) is 52.7 Å². The molecule has 0 spiro atoms. The molecule has 0 aliphatic rings. The number of halogens is 2. The minimum absolute atomic E-state index is 0.0236. The number of tetrazole rings is 1. The molecule has 2 N–H and O–H groups in total. The van der Waals surface area contributed by atoms with Crippen LogP contribution >= 0.6 is 23.2 Å². The minimum Gasteiger partial charge on any atom is -0.496 e. The topological polar surface area (TPSA) is 104 Å². The molecule has 1 aromatic heterocycles. The van der Waals surface area contributed by atoms with Crippen LogP contribution in [0.5, 0.6) is 5.75 Å². The highest BCUT2D eigenvalue weighted by atomic mass is 35.5. The number of methoxy groups -OCH3 is 1. The van der Waals surface area contributed by atoms with Crippen LogP contribution in [0.15, 0.2) is 36.4 Å². The Balaban J connectivity index is 1.86. The van der Waals surface area contributed by atoms with Crippen molar-refractivity contribution < 1.29 is 14.6 Å². The zero-order valence-electron chi connectivity index (χ0n) is 16.5. The van der Waals surface area contributed by atoms with Gasteiger partial charge in [-0.1, -0.05) is 29.3 Å². The Labute approximate surface area is 183 Å². The number of H-pyrrole nitrogens is 1. The molecule has 1 atom stereocenters. The maximum atomic E-state index is 13.2.